The summed E-state index contributed by atoms with van der Waals surface area (Å²) < 4.78 is 7.76. The molecule has 1 N–H and O–H groups in total. The van der Waals surface area contributed by atoms with Crippen LogP contribution >= 0.6 is 0 Å². The first kappa shape index (κ1) is 16.6. The number of hydrogen-bond acceptors (Lipinski definition) is 4. The van der Waals surface area contributed by atoms with Gasteiger partial charge < -0.3 is 14.6 Å². The van der Waals surface area contributed by atoms with E-state index in [0.29, 0.717) is 12.0 Å². The molecule has 1 fully saturated rings. The van der Waals surface area contributed by atoms with Gasteiger partial charge >= 0.3 is 0 Å². The predicted octanol–water partition coefficient (Wildman–Crippen LogP) is 2.53. The quantitative estimate of drug-likeness (QED) is 0.908. The zero-order chi connectivity index (χ0) is 17.2. The molecular weight excluding hydrogens is 312 g/mol. The van der Waals surface area contributed by atoms with Crippen molar-refractivity contribution < 1.29 is 4.74 Å². The van der Waals surface area contributed by atoms with Crippen LogP contribution in [0, 0.1) is 5.92 Å². The molecule has 0 amide bonds. The van der Waals surface area contributed by atoms with E-state index in [4.69, 9.17) is 4.74 Å². The summed E-state index contributed by atoms with van der Waals surface area (Å²) in [5.74, 6) is 1.68. The zero-order valence-corrected chi connectivity index (χ0v) is 15.2. The molecule has 0 aliphatic carbocycles. The maximum atomic E-state index is 5.60. The summed E-state index contributed by atoms with van der Waals surface area (Å²) in [7, 11) is 4.34. The SMILES string of the molecule is CN1CCC[C@@H](CNCc2ccc3c(c2)CCO3)[C@@H]1c1cncn1C. The van der Waals surface area contributed by atoms with Gasteiger partial charge in [-0.05, 0) is 49.5 Å². The van der Waals surface area contributed by atoms with E-state index in [1.165, 1.54) is 29.7 Å². The van der Waals surface area contributed by atoms with Gasteiger partial charge in [-0.3, -0.25) is 4.90 Å². The summed E-state index contributed by atoms with van der Waals surface area (Å²) in [5, 5.41) is 3.70. The molecule has 0 radical (unpaired) electrons. The molecule has 0 unspecified atom stereocenters. The topological polar surface area (TPSA) is 42.3 Å². The summed E-state index contributed by atoms with van der Waals surface area (Å²) in [6.07, 6.45) is 7.52. The highest BCUT2D eigenvalue weighted by Gasteiger charge is 2.31. The van der Waals surface area contributed by atoms with Crippen molar-refractivity contribution in [1.82, 2.24) is 19.8 Å². The van der Waals surface area contributed by atoms with Gasteiger partial charge in [0.2, 0.25) is 0 Å². The van der Waals surface area contributed by atoms with Crippen LogP contribution in [0.4, 0.5) is 0 Å². The van der Waals surface area contributed by atoms with E-state index in [2.05, 4.69) is 52.1 Å². The number of aryl methyl sites for hydroxylation is 1. The summed E-state index contributed by atoms with van der Waals surface area (Å²) in [5.41, 5.74) is 4.03. The monoisotopic (exact) mass is 340 g/mol. The molecule has 0 spiro atoms. The van der Waals surface area contributed by atoms with Gasteiger partial charge in [0, 0.05) is 32.8 Å². The van der Waals surface area contributed by atoms with E-state index in [1.807, 2.05) is 12.5 Å². The highest BCUT2D eigenvalue weighted by molar-refractivity contribution is 5.39. The van der Waals surface area contributed by atoms with Gasteiger partial charge in [-0.15, -0.1) is 0 Å². The molecule has 1 aromatic carbocycles. The molecule has 0 bridgehead atoms. The van der Waals surface area contributed by atoms with Crippen LogP contribution in [0.5, 0.6) is 5.75 Å². The Hall–Kier alpha value is -1.85. The van der Waals surface area contributed by atoms with Gasteiger partial charge in [0.1, 0.15) is 5.75 Å². The second-order valence-electron chi connectivity index (χ2n) is 7.43. The highest BCUT2D eigenvalue weighted by Crippen LogP contribution is 2.34. The molecule has 1 aromatic heterocycles. The minimum absolute atomic E-state index is 0.446. The molecule has 1 saturated heterocycles. The normalized spacial score (nSPS) is 23.4. The van der Waals surface area contributed by atoms with Gasteiger partial charge in [0.15, 0.2) is 0 Å². The number of rotatable bonds is 5. The van der Waals surface area contributed by atoms with Crippen LogP contribution in [0.15, 0.2) is 30.7 Å². The lowest BCUT2D eigenvalue weighted by Crippen LogP contribution is -2.41. The van der Waals surface area contributed by atoms with Gasteiger partial charge in [0.25, 0.3) is 0 Å². The van der Waals surface area contributed by atoms with E-state index < -0.39 is 0 Å². The standard InChI is InChI=1S/C20H28N4O/c1-23-8-3-4-17(20(23)18-13-22-14-24(18)2)12-21-11-15-5-6-19-16(10-15)7-9-25-19/h5-6,10,13-14,17,20-21H,3-4,7-9,11-12H2,1-2H3/t17-,20+/m0/s1. The number of piperidine rings is 1. The van der Waals surface area contributed by atoms with Crippen LogP contribution in [0.1, 0.15) is 35.7 Å². The number of aromatic nitrogens is 2. The molecule has 3 heterocycles. The zero-order valence-electron chi connectivity index (χ0n) is 15.2. The number of hydrogen-bond donors (Lipinski definition) is 1. The Bertz CT molecular complexity index is 726. The van der Waals surface area contributed by atoms with E-state index in [1.54, 1.807) is 0 Å². The molecule has 134 valence electrons. The fraction of sp³-hybridized carbons (Fsp3) is 0.550. The summed E-state index contributed by atoms with van der Waals surface area (Å²) in [4.78, 5) is 6.82. The Morgan fingerprint density at radius 1 is 1.32 bits per heavy atom. The lowest BCUT2D eigenvalue weighted by molar-refractivity contribution is 0.113. The first-order valence-corrected chi connectivity index (χ1v) is 9.34. The summed E-state index contributed by atoms with van der Waals surface area (Å²) >= 11 is 0. The average molecular weight is 340 g/mol. The van der Waals surface area contributed by atoms with E-state index in [-0.39, 0.29) is 0 Å². The minimum atomic E-state index is 0.446. The molecule has 4 rings (SSSR count). The number of nitrogens with zero attached hydrogens (tertiary/aromatic N) is 3. The third-order valence-electron chi connectivity index (χ3n) is 5.65. The van der Waals surface area contributed by atoms with Crippen molar-refractivity contribution >= 4 is 0 Å². The van der Waals surface area contributed by atoms with Gasteiger partial charge in [-0.25, -0.2) is 4.98 Å². The van der Waals surface area contributed by atoms with Crippen molar-refractivity contribution in [3.05, 3.63) is 47.5 Å². The minimum Gasteiger partial charge on any atom is -0.493 e. The summed E-state index contributed by atoms with van der Waals surface area (Å²) in [6, 6.07) is 7.04. The van der Waals surface area contributed by atoms with Crippen LogP contribution in [0.2, 0.25) is 0 Å². The molecule has 2 aliphatic rings. The third kappa shape index (κ3) is 3.44. The number of nitrogens with one attached hydrogen (secondary N) is 1. The Morgan fingerprint density at radius 3 is 3.08 bits per heavy atom. The lowest BCUT2D eigenvalue weighted by atomic mass is 9.87. The van der Waals surface area contributed by atoms with Crippen LogP contribution in [-0.4, -0.2) is 41.2 Å². The molecule has 2 atom stereocenters. The van der Waals surface area contributed by atoms with E-state index in [0.717, 1.165) is 38.4 Å². The van der Waals surface area contributed by atoms with Crippen molar-refractivity contribution in [1.29, 1.82) is 0 Å². The predicted molar refractivity (Wildman–Crippen MR) is 98.7 cm³/mol. The van der Waals surface area contributed by atoms with Crippen molar-refractivity contribution in [2.45, 2.75) is 31.8 Å². The Kier molecular flexibility index (Phi) is 4.77. The maximum absolute atomic E-state index is 5.60. The molecule has 25 heavy (non-hydrogen) atoms. The number of benzene rings is 1. The molecule has 5 nitrogen and oxygen atoms in total. The molecular formula is C20H28N4O. The first-order chi connectivity index (χ1) is 12.2. The number of imidazole rings is 1. The van der Waals surface area contributed by atoms with E-state index in [9.17, 15) is 0 Å². The number of likely N-dealkylation sites (tertiary alicyclic amines) is 1. The number of ether oxygens (including phenoxy) is 1. The average Bonchev–Trinajstić information content (AvgIpc) is 3.23. The molecule has 2 aliphatic heterocycles. The Labute approximate surface area is 150 Å². The lowest BCUT2D eigenvalue weighted by Gasteiger charge is -2.39. The van der Waals surface area contributed by atoms with E-state index >= 15 is 0 Å². The van der Waals surface area contributed by atoms with Crippen molar-refractivity contribution in [2.75, 3.05) is 26.7 Å². The van der Waals surface area contributed by atoms with Gasteiger partial charge in [-0.1, -0.05) is 12.1 Å². The highest BCUT2D eigenvalue weighted by atomic mass is 16.5. The molecule has 5 heteroatoms. The third-order valence-corrected chi connectivity index (χ3v) is 5.65. The van der Waals surface area contributed by atoms with Gasteiger partial charge in [-0.2, -0.15) is 0 Å². The maximum Gasteiger partial charge on any atom is 0.122 e. The Morgan fingerprint density at radius 2 is 2.24 bits per heavy atom. The fourth-order valence-electron chi connectivity index (χ4n) is 4.34. The van der Waals surface area contributed by atoms with Crippen LogP contribution < -0.4 is 10.1 Å². The first-order valence-electron chi connectivity index (χ1n) is 9.34. The van der Waals surface area contributed by atoms with Crippen LogP contribution in [-0.2, 0) is 20.0 Å². The Balaban J connectivity index is 1.40. The number of fused-ring (bicyclic) bond motifs is 1. The second-order valence-corrected chi connectivity index (χ2v) is 7.43. The largest absolute Gasteiger partial charge is 0.493 e. The smallest absolute Gasteiger partial charge is 0.122 e. The summed E-state index contributed by atoms with van der Waals surface area (Å²) in [6.45, 7) is 3.95. The second kappa shape index (κ2) is 7.18. The van der Waals surface area contributed by atoms with Crippen LogP contribution in [0.25, 0.3) is 0 Å². The van der Waals surface area contributed by atoms with Crippen molar-refractivity contribution in [2.24, 2.45) is 13.0 Å². The van der Waals surface area contributed by atoms with Crippen molar-refractivity contribution in [3.63, 3.8) is 0 Å². The molecule has 0 saturated carbocycles. The van der Waals surface area contributed by atoms with Crippen LogP contribution in [0.3, 0.4) is 0 Å². The fourth-order valence-corrected chi connectivity index (χ4v) is 4.34. The van der Waals surface area contributed by atoms with Crippen molar-refractivity contribution in [3.8, 4) is 5.75 Å². The van der Waals surface area contributed by atoms with Gasteiger partial charge in [0.05, 0.1) is 24.7 Å². The molecule has 2 aromatic rings.